The molecule has 1 saturated carbocycles. The molecule has 4 aromatic heterocycles. The molecule has 2 unspecified atom stereocenters. The third-order valence-corrected chi connectivity index (χ3v) is 7.35. The number of hydrazine groups is 1. The van der Waals surface area contributed by atoms with Crippen molar-refractivity contribution in [2.45, 2.75) is 50.4 Å². The van der Waals surface area contributed by atoms with Crippen LogP contribution in [0.15, 0.2) is 48.9 Å². The number of aromatic nitrogens is 4. The van der Waals surface area contributed by atoms with Crippen molar-refractivity contribution in [3.63, 3.8) is 0 Å². The van der Waals surface area contributed by atoms with Crippen molar-refractivity contribution in [2.75, 3.05) is 5.32 Å². The average molecular weight is 448 g/mol. The smallest absolute Gasteiger partial charge is 0.141 e. The summed E-state index contributed by atoms with van der Waals surface area (Å²) in [5.74, 6) is 1.61. The van der Waals surface area contributed by atoms with Gasteiger partial charge in [-0.1, -0.05) is 38.5 Å². The first kappa shape index (κ1) is 21.2. The zero-order valence-electron chi connectivity index (χ0n) is 18.4. The monoisotopic (exact) mass is 447 g/mol. The molecule has 2 atom stereocenters. The molecule has 5 heterocycles. The van der Waals surface area contributed by atoms with Crippen molar-refractivity contribution < 1.29 is 0 Å². The van der Waals surface area contributed by atoms with Crippen molar-refractivity contribution in [3.05, 3.63) is 48.9 Å². The second kappa shape index (κ2) is 9.44. The van der Waals surface area contributed by atoms with Crippen molar-refractivity contribution >= 4 is 39.6 Å². The van der Waals surface area contributed by atoms with Gasteiger partial charge in [-0.15, -0.1) is 0 Å². The summed E-state index contributed by atoms with van der Waals surface area (Å²) in [4.78, 5) is 17.1. The van der Waals surface area contributed by atoms with Crippen LogP contribution >= 0.6 is 11.8 Å². The number of hydrogen-bond donors (Lipinski definition) is 4. The Balaban J connectivity index is 0.00000105. The van der Waals surface area contributed by atoms with E-state index in [0.717, 1.165) is 44.9 Å². The van der Waals surface area contributed by atoms with E-state index >= 15 is 0 Å². The Bertz CT molecular complexity index is 1200. The van der Waals surface area contributed by atoms with Crippen LogP contribution in [0, 0.1) is 5.92 Å². The van der Waals surface area contributed by atoms with Gasteiger partial charge in [0.1, 0.15) is 17.0 Å². The number of rotatable bonds is 4. The molecule has 166 valence electrons. The first-order valence-corrected chi connectivity index (χ1v) is 12.4. The Labute approximate surface area is 192 Å². The second-order valence-electron chi connectivity index (χ2n) is 7.97. The van der Waals surface area contributed by atoms with Gasteiger partial charge < -0.3 is 10.3 Å². The lowest BCUT2D eigenvalue weighted by atomic mass is 10.1. The highest BCUT2D eigenvalue weighted by molar-refractivity contribution is 8.00. The number of aromatic amines is 1. The van der Waals surface area contributed by atoms with Crippen molar-refractivity contribution in [3.8, 4) is 11.1 Å². The zero-order valence-corrected chi connectivity index (χ0v) is 19.2. The van der Waals surface area contributed by atoms with Crippen LogP contribution < -0.4 is 16.2 Å². The number of H-pyrrole nitrogens is 1. The molecule has 0 bridgehead atoms. The molecule has 7 nitrogen and oxygen atoms in total. The van der Waals surface area contributed by atoms with Gasteiger partial charge in [-0.05, 0) is 49.1 Å². The SMILES string of the molecule is CC.c1cnc2[nH]cc(-c3cnc4ccc(NC5NNC(C6CCCC6)S5)nc4c3)c2c1. The summed E-state index contributed by atoms with van der Waals surface area (Å²) in [6.07, 6.45) is 11.0. The van der Waals surface area contributed by atoms with E-state index in [9.17, 15) is 0 Å². The first-order chi connectivity index (χ1) is 15.8. The summed E-state index contributed by atoms with van der Waals surface area (Å²) in [6, 6.07) is 10.1. The molecule has 8 heteroatoms. The van der Waals surface area contributed by atoms with E-state index in [2.05, 4.69) is 43.3 Å². The van der Waals surface area contributed by atoms with Crippen LogP contribution in [-0.2, 0) is 0 Å². The highest BCUT2D eigenvalue weighted by Gasteiger charge is 2.32. The summed E-state index contributed by atoms with van der Waals surface area (Å²) in [5, 5.41) is 5.06. The number of hydrogen-bond acceptors (Lipinski definition) is 7. The van der Waals surface area contributed by atoms with E-state index in [1.807, 2.05) is 56.2 Å². The van der Waals surface area contributed by atoms with E-state index in [4.69, 9.17) is 4.98 Å². The quantitative estimate of drug-likeness (QED) is 0.340. The predicted molar refractivity (Wildman–Crippen MR) is 133 cm³/mol. The minimum Gasteiger partial charge on any atom is -0.346 e. The van der Waals surface area contributed by atoms with Gasteiger partial charge in [-0.2, -0.15) is 0 Å². The van der Waals surface area contributed by atoms with E-state index in [1.54, 1.807) is 6.20 Å². The highest BCUT2D eigenvalue weighted by atomic mass is 32.2. The largest absolute Gasteiger partial charge is 0.346 e. The maximum Gasteiger partial charge on any atom is 0.141 e. The van der Waals surface area contributed by atoms with Crippen molar-refractivity contribution in [1.82, 2.24) is 30.8 Å². The lowest BCUT2D eigenvalue weighted by Crippen LogP contribution is -2.38. The maximum atomic E-state index is 4.83. The third kappa shape index (κ3) is 4.18. The molecule has 1 aliphatic carbocycles. The molecule has 2 fully saturated rings. The Morgan fingerprint density at radius 1 is 1.03 bits per heavy atom. The van der Waals surface area contributed by atoms with Crippen LogP contribution in [0.3, 0.4) is 0 Å². The molecule has 32 heavy (non-hydrogen) atoms. The van der Waals surface area contributed by atoms with Crippen LogP contribution in [0.4, 0.5) is 5.82 Å². The molecule has 4 aromatic rings. The fourth-order valence-corrected chi connectivity index (χ4v) is 5.74. The number of nitrogens with zero attached hydrogens (tertiary/aromatic N) is 3. The van der Waals surface area contributed by atoms with E-state index < -0.39 is 0 Å². The number of nitrogens with one attached hydrogen (secondary N) is 4. The topological polar surface area (TPSA) is 90.5 Å². The third-order valence-electron chi connectivity index (χ3n) is 6.05. The van der Waals surface area contributed by atoms with E-state index in [-0.39, 0.29) is 5.50 Å². The molecule has 0 spiro atoms. The molecular weight excluding hydrogens is 418 g/mol. The summed E-state index contributed by atoms with van der Waals surface area (Å²) in [7, 11) is 0. The predicted octanol–water partition coefficient (Wildman–Crippen LogP) is 5.25. The van der Waals surface area contributed by atoms with Crippen molar-refractivity contribution in [1.29, 1.82) is 0 Å². The molecule has 0 radical (unpaired) electrons. The number of anilines is 1. The van der Waals surface area contributed by atoms with Crippen LogP contribution in [0.1, 0.15) is 39.5 Å². The summed E-state index contributed by atoms with van der Waals surface area (Å²) < 4.78 is 0. The standard InChI is InChI=1S/C22H23N7S.C2H6/c1-2-5-13(4-1)21-28-29-22(30-21)27-19-8-7-17-18(26-19)10-14(11-24-17)16-12-25-20-15(16)6-3-9-23-20;1-2/h3,6-13,21-22,28-29H,1-2,4-5H2,(H,23,25)(H,26,27);1-2H3. The van der Waals surface area contributed by atoms with Gasteiger partial charge in [0.05, 0.1) is 16.4 Å². The Morgan fingerprint density at radius 3 is 2.78 bits per heavy atom. The fourth-order valence-electron chi connectivity index (χ4n) is 4.50. The molecular formula is C24H29N7S. The lowest BCUT2D eigenvalue weighted by Gasteiger charge is -2.16. The van der Waals surface area contributed by atoms with Crippen LogP contribution in [0.2, 0.25) is 0 Å². The Morgan fingerprint density at radius 2 is 1.91 bits per heavy atom. The fraction of sp³-hybridized carbons (Fsp3) is 0.375. The maximum absolute atomic E-state index is 4.83. The van der Waals surface area contributed by atoms with Gasteiger partial charge in [0.25, 0.3) is 0 Å². The minimum absolute atomic E-state index is 0.108. The Kier molecular flexibility index (Phi) is 6.25. The normalized spacial score (nSPS) is 21.1. The highest BCUT2D eigenvalue weighted by Crippen LogP contribution is 2.36. The Hall–Kier alpha value is -2.68. The molecule has 1 saturated heterocycles. The molecule has 2 aliphatic rings. The molecule has 0 aromatic carbocycles. The lowest BCUT2D eigenvalue weighted by molar-refractivity contribution is 0.431. The van der Waals surface area contributed by atoms with Gasteiger partial charge in [0.2, 0.25) is 0 Å². The van der Waals surface area contributed by atoms with E-state index in [1.165, 1.54) is 25.7 Å². The van der Waals surface area contributed by atoms with Gasteiger partial charge in [-0.3, -0.25) is 4.98 Å². The number of pyridine rings is 3. The summed E-state index contributed by atoms with van der Waals surface area (Å²) in [6.45, 7) is 4.00. The summed E-state index contributed by atoms with van der Waals surface area (Å²) in [5.41, 5.74) is 11.7. The molecule has 4 N–H and O–H groups in total. The zero-order chi connectivity index (χ0) is 21.9. The first-order valence-electron chi connectivity index (χ1n) is 11.5. The van der Waals surface area contributed by atoms with Crippen LogP contribution in [-0.4, -0.2) is 30.8 Å². The van der Waals surface area contributed by atoms with Gasteiger partial charge in [-0.25, -0.2) is 20.8 Å². The number of fused-ring (bicyclic) bond motifs is 2. The average Bonchev–Trinajstić information content (AvgIpc) is 3.60. The van der Waals surface area contributed by atoms with Gasteiger partial charge >= 0.3 is 0 Å². The van der Waals surface area contributed by atoms with Crippen LogP contribution in [0.25, 0.3) is 33.2 Å². The van der Waals surface area contributed by atoms with E-state index in [0.29, 0.717) is 5.37 Å². The van der Waals surface area contributed by atoms with Gasteiger partial charge in [0, 0.05) is 35.1 Å². The molecule has 1 aliphatic heterocycles. The molecule has 6 rings (SSSR count). The van der Waals surface area contributed by atoms with Crippen molar-refractivity contribution in [2.24, 2.45) is 5.92 Å². The van der Waals surface area contributed by atoms with Gasteiger partial charge in [0.15, 0.2) is 0 Å². The molecule has 0 amide bonds. The minimum atomic E-state index is 0.108. The summed E-state index contributed by atoms with van der Waals surface area (Å²) >= 11 is 1.91. The van der Waals surface area contributed by atoms with Crippen LogP contribution in [0.5, 0.6) is 0 Å². The number of thioether (sulfide) groups is 1. The second-order valence-corrected chi connectivity index (χ2v) is 9.23.